The molecule has 0 fully saturated rings. The molecule has 0 amide bonds. The maximum atomic E-state index is 4.34. The van der Waals surface area contributed by atoms with Crippen molar-refractivity contribution in [1.29, 1.82) is 0 Å². The summed E-state index contributed by atoms with van der Waals surface area (Å²) in [6.45, 7) is 13.9. The fourth-order valence-electron chi connectivity index (χ4n) is 9.86. The lowest BCUT2D eigenvalue weighted by molar-refractivity contribution is 0.591. The van der Waals surface area contributed by atoms with Crippen LogP contribution in [0.1, 0.15) is 74.9 Å². The van der Waals surface area contributed by atoms with Crippen LogP contribution in [-0.4, -0.2) is 9.13 Å². The molecule has 9 aromatic rings. The van der Waals surface area contributed by atoms with Crippen molar-refractivity contribution in [2.24, 2.45) is 0 Å². The van der Waals surface area contributed by atoms with Gasteiger partial charge in [0.2, 0.25) is 0 Å². The molecule has 1 aliphatic heterocycles. The fraction of sp³-hybridized carbons (Fsp3) is 0.176. The standard InChI is InChI=1S/C51H41BrN2/c1-49(2,3)30-21-23-44-38(27-30)40-29-41-39-28-31(50(4,5)6)22-24-45(39)54-35-16-12-14-33(26-35)51(42-19-9-7-17-36(42)37-18-8-10-20-43(37)51)32-13-11-15-34(25-32)53(44)47(40)46(52)48(41)54/h7-29H,1-6H3. The summed E-state index contributed by atoms with van der Waals surface area (Å²) in [6, 6.07) is 53.6. The van der Waals surface area contributed by atoms with Crippen LogP contribution in [0.15, 0.2) is 144 Å². The summed E-state index contributed by atoms with van der Waals surface area (Å²) in [4.78, 5) is 0. The van der Waals surface area contributed by atoms with Gasteiger partial charge in [0.15, 0.2) is 0 Å². The van der Waals surface area contributed by atoms with Crippen molar-refractivity contribution >= 4 is 59.5 Å². The van der Waals surface area contributed by atoms with Crippen molar-refractivity contribution in [3.05, 3.63) is 177 Å². The van der Waals surface area contributed by atoms with Crippen molar-refractivity contribution in [1.82, 2.24) is 9.13 Å². The molecular formula is C51H41BrN2. The van der Waals surface area contributed by atoms with E-state index in [1.54, 1.807) is 0 Å². The Morgan fingerprint density at radius 1 is 0.444 bits per heavy atom. The molecule has 0 unspecified atom stereocenters. The number of rotatable bonds is 0. The van der Waals surface area contributed by atoms with Gasteiger partial charge in [0.25, 0.3) is 0 Å². The second kappa shape index (κ2) is 10.6. The molecule has 0 atom stereocenters. The summed E-state index contributed by atoms with van der Waals surface area (Å²) in [5, 5.41) is 5.08. The predicted molar refractivity (Wildman–Crippen MR) is 231 cm³/mol. The van der Waals surface area contributed by atoms with Crippen molar-refractivity contribution in [3.63, 3.8) is 0 Å². The SMILES string of the molecule is CC(C)(C)c1ccc2c(c1)c1cc3c4cc(C(C)(C)C)ccc4n4c3c(Br)c1n2-c1cccc(c1)C1(c2cccc-4c2)c2ccccc2-c2ccccc21. The third-order valence-corrected chi connectivity index (χ3v) is 13.2. The van der Waals surface area contributed by atoms with Crippen LogP contribution in [0.2, 0.25) is 0 Å². The second-order valence-corrected chi connectivity index (χ2v) is 18.4. The summed E-state index contributed by atoms with van der Waals surface area (Å²) >= 11 is 4.34. The maximum Gasteiger partial charge on any atom is 0.0715 e. The van der Waals surface area contributed by atoms with Crippen molar-refractivity contribution < 1.29 is 0 Å². The van der Waals surface area contributed by atoms with Crippen molar-refractivity contribution in [2.45, 2.75) is 57.8 Å². The van der Waals surface area contributed by atoms with Crippen LogP contribution in [0, 0.1) is 0 Å². The van der Waals surface area contributed by atoms with E-state index in [1.807, 2.05) is 0 Å². The Morgan fingerprint density at radius 3 is 1.33 bits per heavy atom. The van der Waals surface area contributed by atoms with Gasteiger partial charge in [-0.05, 0) is 126 Å². The lowest BCUT2D eigenvalue weighted by atomic mass is 9.67. The first-order chi connectivity index (χ1) is 26.0. The van der Waals surface area contributed by atoms with E-state index in [0.717, 1.165) is 15.8 Å². The molecule has 54 heavy (non-hydrogen) atoms. The third kappa shape index (κ3) is 4.06. The van der Waals surface area contributed by atoms with E-state index in [2.05, 4.69) is 206 Å². The Morgan fingerprint density at radius 2 is 0.889 bits per heavy atom. The van der Waals surface area contributed by atoms with Gasteiger partial charge < -0.3 is 9.13 Å². The van der Waals surface area contributed by atoms with Crippen LogP contribution in [0.3, 0.4) is 0 Å². The van der Waals surface area contributed by atoms with Gasteiger partial charge in [0.1, 0.15) is 0 Å². The number of aromatic nitrogens is 2. The van der Waals surface area contributed by atoms with Gasteiger partial charge >= 0.3 is 0 Å². The van der Waals surface area contributed by atoms with Crippen molar-refractivity contribution in [2.75, 3.05) is 0 Å². The Hall–Kier alpha value is -5.38. The summed E-state index contributed by atoms with van der Waals surface area (Å²) in [6.07, 6.45) is 0. The number of halogens is 1. The molecule has 7 aromatic carbocycles. The molecular weight excluding hydrogens is 720 g/mol. The first kappa shape index (κ1) is 32.1. The minimum atomic E-state index is -0.522. The van der Waals surface area contributed by atoms with Gasteiger partial charge in [0.05, 0.1) is 32.0 Å². The molecule has 11 rings (SSSR count). The summed E-state index contributed by atoms with van der Waals surface area (Å²) in [5.41, 5.74) is 17.1. The van der Waals surface area contributed by atoms with E-state index < -0.39 is 5.41 Å². The van der Waals surface area contributed by atoms with E-state index in [4.69, 9.17) is 0 Å². The van der Waals surface area contributed by atoms with E-state index in [1.165, 1.54) is 88.1 Å². The number of benzene rings is 7. The first-order valence-electron chi connectivity index (χ1n) is 19.1. The van der Waals surface area contributed by atoms with Crippen LogP contribution < -0.4 is 0 Å². The lowest BCUT2D eigenvalue weighted by Gasteiger charge is -2.34. The Kier molecular flexibility index (Phi) is 6.32. The highest BCUT2D eigenvalue weighted by Gasteiger charge is 2.46. The predicted octanol–water partition coefficient (Wildman–Crippen LogP) is 13.9. The first-order valence-corrected chi connectivity index (χ1v) is 19.9. The Labute approximate surface area is 324 Å². The van der Waals surface area contributed by atoms with E-state index in [-0.39, 0.29) is 10.8 Å². The van der Waals surface area contributed by atoms with Crippen LogP contribution >= 0.6 is 15.9 Å². The molecule has 262 valence electrons. The molecule has 2 aliphatic rings. The molecule has 0 radical (unpaired) electrons. The zero-order valence-corrected chi connectivity index (χ0v) is 33.1. The zero-order chi connectivity index (χ0) is 36.9. The topological polar surface area (TPSA) is 9.86 Å². The highest BCUT2D eigenvalue weighted by Crippen LogP contribution is 2.57. The van der Waals surface area contributed by atoms with E-state index in [9.17, 15) is 0 Å². The smallest absolute Gasteiger partial charge is 0.0715 e. The quantitative estimate of drug-likeness (QED) is 0.146. The molecule has 1 aliphatic carbocycles. The van der Waals surface area contributed by atoms with Gasteiger partial charge in [-0.25, -0.2) is 0 Å². The molecule has 0 N–H and O–H groups in total. The highest BCUT2D eigenvalue weighted by atomic mass is 79.9. The van der Waals surface area contributed by atoms with Crippen LogP contribution in [0.5, 0.6) is 0 Å². The number of nitrogens with zero attached hydrogens (tertiary/aromatic N) is 2. The molecule has 2 aromatic heterocycles. The van der Waals surface area contributed by atoms with Crippen LogP contribution in [0.25, 0.3) is 66.1 Å². The third-order valence-electron chi connectivity index (χ3n) is 12.5. The Balaban J connectivity index is 1.40. The number of hydrogen-bond donors (Lipinski definition) is 0. The molecule has 0 saturated carbocycles. The average molecular weight is 762 g/mol. The maximum absolute atomic E-state index is 4.34. The highest BCUT2D eigenvalue weighted by molar-refractivity contribution is 9.10. The average Bonchev–Trinajstić information content (AvgIpc) is 3.78. The van der Waals surface area contributed by atoms with Gasteiger partial charge in [-0.15, -0.1) is 0 Å². The molecule has 0 saturated heterocycles. The Bertz CT molecular complexity index is 2880. The largest absolute Gasteiger partial charge is 0.308 e. The molecule has 2 nitrogen and oxygen atoms in total. The minimum absolute atomic E-state index is 0.0138. The van der Waals surface area contributed by atoms with Gasteiger partial charge in [-0.1, -0.05) is 126 Å². The monoisotopic (exact) mass is 760 g/mol. The van der Waals surface area contributed by atoms with Gasteiger partial charge in [-0.2, -0.15) is 0 Å². The van der Waals surface area contributed by atoms with Crippen LogP contribution in [-0.2, 0) is 16.2 Å². The lowest BCUT2D eigenvalue weighted by Crippen LogP contribution is -2.29. The fourth-order valence-corrected chi connectivity index (χ4v) is 10.6. The molecule has 3 heteroatoms. The van der Waals surface area contributed by atoms with E-state index in [0.29, 0.717) is 0 Å². The zero-order valence-electron chi connectivity index (χ0n) is 31.6. The van der Waals surface area contributed by atoms with E-state index >= 15 is 0 Å². The minimum Gasteiger partial charge on any atom is -0.308 e. The summed E-state index contributed by atoms with van der Waals surface area (Å²) in [5.74, 6) is 0. The van der Waals surface area contributed by atoms with Crippen LogP contribution in [0.4, 0.5) is 0 Å². The normalized spacial score (nSPS) is 14.4. The molecule has 6 bridgehead atoms. The molecule has 1 spiro atoms. The van der Waals surface area contributed by atoms with Gasteiger partial charge in [-0.3, -0.25) is 0 Å². The number of hydrogen-bond acceptors (Lipinski definition) is 0. The van der Waals surface area contributed by atoms with Crippen molar-refractivity contribution in [3.8, 4) is 22.5 Å². The number of fused-ring (bicyclic) bond motifs is 19. The van der Waals surface area contributed by atoms with Gasteiger partial charge in [0, 0.05) is 32.9 Å². The molecule has 3 heterocycles. The summed E-state index contributed by atoms with van der Waals surface area (Å²) in [7, 11) is 0. The summed E-state index contributed by atoms with van der Waals surface area (Å²) < 4.78 is 6.14. The second-order valence-electron chi connectivity index (χ2n) is 17.6.